The van der Waals surface area contributed by atoms with E-state index in [1.807, 2.05) is 0 Å². The van der Waals surface area contributed by atoms with Crippen LogP contribution < -0.4 is 4.31 Å². The fourth-order valence-corrected chi connectivity index (χ4v) is 5.96. The minimum absolute atomic E-state index is 0.00663. The molecule has 0 fully saturated rings. The summed E-state index contributed by atoms with van der Waals surface area (Å²) in [5.41, 5.74) is 1.11. The standard InChI is InChI=1S/C16H16Cl2N2O4S2/c1-19(2)25(21,22)14-3-4-16-11(7-14)5-6-20(16)26(23,24)15-9-12(17)8-13(18)10-15/h3-4,7-10H,5-6H2,1-2H3. The lowest BCUT2D eigenvalue weighted by Gasteiger charge is -2.20. The Bertz CT molecular complexity index is 1060. The van der Waals surface area contributed by atoms with Gasteiger partial charge in [-0.2, -0.15) is 0 Å². The third-order valence-corrected chi connectivity index (χ3v) is 8.15. The van der Waals surface area contributed by atoms with Crippen LogP contribution in [0.15, 0.2) is 46.2 Å². The van der Waals surface area contributed by atoms with Gasteiger partial charge in [-0.3, -0.25) is 4.31 Å². The molecule has 0 aromatic heterocycles. The van der Waals surface area contributed by atoms with Crippen LogP contribution in [-0.4, -0.2) is 41.8 Å². The van der Waals surface area contributed by atoms with Gasteiger partial charge in [0.1, 0.15) is 0 Å². The van der Waals surface area contributed by atoms with Crippen molar-refractivity contribution < 1.29 is 16.8 Å². The third-order valence-electron chi connectivity index (χ3n) is 4.11. The van der Waals surface area contributed by atoms with Crippen molar-refractivity contribution in [2.45, 2.75) is 16.2 Å². The number of hydrogen-bond donors (Lipinski definition) is 0. The SMILES string of the molecule is CN(C)S(=O)(=O)c1ccc2c(c1)CCN2S(=O)(=O)c1cc(Cl)cc(Cl)c1. The summed E-state index contributed by atoms with van der Waals surface area (Å²) in [5, 5.41) is 0.450. The summed E-state index contributed by atoms with van der Waals surface area (Å²) in [6.45, 7) is 0.216. The normalized spacial score (nSPS) is 14.7. The molecule has 0 radical (unpaired) electrons. The number of nitrogens with zero attached hydrogens (tertiary/aromatic N) is 2. The minimum atomic E-state index is -3.86. The second kappa shape index (κ2) is 6.69. The monoisotopic (exact) mass is 434 g/mol. The summed E-state index contributed by atoms with van der Waals surface area (Å²) in [7, 11) is -4.55. The zero-order valence-corrected chi connectivity index (χ0v) is 17.1. The predicted molar refractivity (Wildman–Crippen MR) is 102 cm³/mol. The smallest absolute Gasteiger partial charge is 0.264 e. The first-order valence-electron chi connectivity index (χ1n) is 7.58. The van der Waals surface area contributed by atoms with Gasteiger partial charge in [-0.1, -0.05) is 23.2 Å². The van der Waals surface area contributed by atoms with Crippen LogP contribution in [0.2, 0.25) is 10.0 Å². The molecule has 1 aliphatic heterocycles. The average molecular weight is 435 g/mol. The van der Waals surface area contributed by atoms with Crippen molar-refractivity contribution in [3.8, 4) is 0 Å². The molecular formula is C16H16Cl2N2O4S2. The van der Waals surface area contributed by atoms with Gasteiger partial charge in [0.05, 0.1) is 15.5 Å². The van der Waals surface area contributed by atoms with Crippen LogP contribution in [-0.2, 0) is 26.5 Å². The van der Waals surface area contributed by atoms with Crippen molar-refractivity contribution in [1.29, 1.82) is 0 Å². The van der Waals surface area contributed by atoms with Crippen LogP contribution in [0.3, 0.4) is 0 Å². The van der Waals surface area contributed by atoms with E-state index in [1.54, 1.807) is 0 Å². The van der Waals surface area contributed by atoms with Gasteiger partial charge in [0, 0.05) is 30.7 Å². The summed E-state index contributed by atoms with van der Waals surface area (Å²) in [5.74, 6) is 0. The Morgan fingerprint density at radius 1 is 0.923 bits per heavy atom. The lowest BCUT2D eigenvalue weighted by Crippen LogP contribution is -2.29. The molecule has 6 nitrogen and oxygen atoms in total. The molecule has 0 saturated carbocycles. The van der Waals surface area contributed by atoms with E-state index in [1.165, 1.54) is 54.8 Å². The fourth-order valence-electron chi connectivity index (χ4n) is 2.77. The summed E-state index contributed by atoms with van der Waals surface area (Å²) in [6.07, 6.45) is 0.416. The van der Waals surface area contributed by atoms with Crippen molar-refractivity contribution in [3.05, 3.63) is 52.0 Å². The molecule has 0 atom stereocenters. The number of halogens is 2. The van der Waals surface area contributed by atoms with Gasteiger partial charge in [-0.15, -0.1) is 0 Å². The molecule has 0 saturated heterocycles. The molecule has 1 heterocycles. The number of sulfonamides is 2. The second-order valence-electron chi connectivity index (χ2n) is 6.01. The maximum absolute atomic E-state index is 13.0. The van der Waals surface area contributed by atoms with E-state index in [0.717, 1.165) is 4.31 Å². The molecule has 2 aromatic rings. The van der Waals surface area contributed by atoms with Crippen LogP contribution >= 0.6 is 23.2 Å². The Balaban J connectivity index is 2.05. The molecule has 0 N–H and O–H groups in total. The lowest BCUT2D eigenvalue weighted by molar-refractivity contribution is 0.520. The first kappa shape index (κ1) is 19.4. The van der Waals surface area contributed by atoms with Crippen molar-refractivity contribution in [3.63, 3.8) is 0 Å². The number of hydrogen-bond acceptors (Lipinski definition) is 4. The summed E-state index contributed by atoms with van der Waals surface area (Å²) >= 11 is 11.8. The van der Waals surface area contributed by atoms with E-state index < -0.39 is 20.0 Å². The highest BCUT2D eigenvalue weighted by Crippen LogP contribution is 2.35. The molecule has 10 heteroatoms. The van der Waals surface area contributed by atoms with E-state index in [-0.39, 0.29) is 26.4 Å². The van der Waals surface area contributed by atoms with Crippen LogP contribution in [0.5, 0.6) is 0 Å². The third kappa shape index (κ3) is 3.32. The highest BCUT2D eigenvalue weighted by molar-refractivity contribution is 7.92. The van der Waals surface area contributed by atoms with E-state index in [4.69, 9.17) is 23.2 Å². The maximum atomic E-state index is 13.0. The highest BCUT2D eigenvalue weighted by Gasteiger charge is 2.32. The largest absolute Gasteiger partial charge is 0.266 e. The zero-order chi connectivity index (χ0) is 19.3. The number of fused-ring (bicyclic) bond motifs is 1. The van der Waals surface area contributed by atoms with Gasteiger partial charge in [0.15, 0.2) is 0 Å². The molecule has 2 aromatic carbocycles. The molecule has 26 heavy (non-hydrogen) atoms. The Labute approximate surface area is 163 Å². The van der Waals surface area contributed by atoms with E-state index in [2.05, 4.69) is 0 Å². The van der Waals surface area contributed by atoms with E-state index in [9.17, 15) is 16.8 Å². The van der Waals surface area contributed by atoms with E-state index >= 15 is 0 Å². The minimum Gasteiger partial charge on any atom is -0.266 e. The Morgan fingerprint density at radius 3 is 2.12 bits per heavy atom. The van der Waals surface area contributed by atoms with Crippen molar-refractivity contribution in [1.82, 2.24) is 4.31 Å². The number of rotatable bonds is 4. The first-order valence-corrected chi connectivity index (χ1v) is 11.2. The topological polar surface area (TPSA) is 74.8 Å². The summed E-state index contributed by atoms with van der Waals surface area (Å²) in [4.78, 5) is 0.124. The molecule has 140 valence electrons. The van der Waals surface area contributed by atoms with Gasteiger partial charge in [-0.05, 0) is 48.4 Å². The second-order valence-corrected chi connectivity index (χ2v) is 10.9. The van der Waals surface area contributed by atoms with Gasteiger partial charge in [0.2, 0.25) is 10.0 Å². The zero-order valence-electron chi connectivity index (χ0n) is 14.0. The Hall–Kier alpha value is -1.32. The molecule has 0 amide bonds. The quantitative estimate of drug-likeness (QED) is 0.740. The van der Waals surface area contributed by atoms with Crippen LogP contribution in [0.4, 0.5) is 5.69 Å². The van der Waals surface area contributed by atoms with Crippen LogP contribution in [0.25, 0.3) is 0 Å². The fraction of sp³-hybridized carbons (Fsp3) is 0.250. The molecule has 3 rings (SSSR count). The number of benzene rings is 2. The Morgan fingerprint density at radius 2 is 1.54 bits per heavy atom. The highest BCUT2D eigenvalue weighted by atomic mass is 35.5. The summed E-state index contributed by atoms with van der Waals surface area (Å²) < 4.78 is 52.9. The van der Waals surface area contributed by atoms with Crippen molar-refractivity contribution >= 4 is 48.9 Å². The maximum Gasteiger partial charge on any atom is 0.264 e. The van der Waals surface area contributed by atoms with Gasteiger partial charge >= 0.3 is 0 Å². The van der Waals surface area contributed by atoms with Gasteiger partial charge < -0.3 is 0 Å². The van der Waals surface area contributed by atoms with Gasteiger partial charge in [0.25, 0.3) is 10.0 Å². The van der Waals surface area contributed by atoms with Crippen LogP contribution in [0.1, 0.15) is 5.56 Å². The average Bonchev–Trinajstić information content (AvgIpc) is 2.97. The molecular weight excluding hydrogens is 419 g/mol. The molecule has 0 unspecified atom stereocenters. The number of anilines is 1. The van der Waals surface area contributed by atoms with Crippen LogP contribution in [0, 0.1) is 0 Å². The molecule has 0 spiro atoms. The predicted octanol–water partition coefficient (Wildman–Crippen LogP) is 3.00. The van der Waals surface area contributed by atoms with E-state index in [0.29, 0.717) is 17.7 Å². The van der Waals surface area contributed by atoms with Crippen molar-refractivity contribution in [2.24, 2.45) is 0 Å². The van der Waals surface area contributed by atoms with Gasteiger partial charge in [-0.25, -0.2) is 21.1 Å². The molecule has 1 aliphatic rings. The molecule has 0 bridgehead atoms. The Kier molecular flexibility index (Phi) is 5.00. The first-order chi connectivity index (χ1) is 12.0. The van der Waals surface area contributed by atoms with Crippen molar-refractivity contribution in [2.75, 3.05) is 24.9 Å². The molecule has 0 aliphatic carbocycles. The lowest BCUT2D eigenvalue weighted by atomic mass is 10.2. The summed E-state index contributed by atoms with van der Waals surface area (Å²) in [6, 6.07) is 8.58.